The van der Waals surface area contributed by atoms with Crippen molar-refractivity contribution in [1.29, 1.82) is 0 Å². The van der Waals surface area contributed by atoms with Gasteiger partial charge in [0.25, 0.3) is 5.91 Å². The predicted molar refractivity (Wildman–Crippen MR) is 78.3 cm³/mol. The van der Waals surface area contributed by atoms with Crippen molar-refractivity contribution < 1.29 is 4.79 Å². The van der Waals surface area contributed by atoms with Gasteiger partial charge in [-0.15, -0.1) is 11.3 Å². The van der Waals surface area contributed by atoms with Crippen molar-refractivity contribution in [2.24, 2.45) is 0 Å². The third kappa shape index (κ3) is 2.33. The first kappa shape index (κ1) is 12.2. The number of anilines is 1. The highest BCUT2D eigenvalue weighted by Crippen LogP contribution is 2.32. The Morgan fingerprint density at radius 3 is 3.11 bits per heavy atom. The molecule has 0 fully saturated rings. The van der Waals surface area contributed by atoms with Gasteiger partial charge in [0.05, 0.1) is 5.69 Å². The fraction of sp³-hybridized carbons (Fsp3) is 0.286. The molecular formula is C14H15N3OS. The summed E-state index contributed by atoms with van der Waals surface area (Å²) in [5, 5.41) is 3.91. The third-order valence-corrected chi connectivity index (χ3v) is 4.44. The van der Waals surface area contributed by atoms with E-state index in [-0.39, 0.29) is 11.9 Å². The molecule has 2 heterocycles. The number of allylic oxidation sites excluding steroid dienone is 1. The summed E-state index contributed by atoms with van der Waals surface area (Å²) in [5.74, 6) is -0.0826. The Bertz CT molecular complexity index is 647. The predicted octanol–water partition coefficient (Wildman–Crippen LogP) is 2.72. The summed E-state index contributed by atoms with van der Waals surface area (Å²) in [5.41, 5.74) is 6.58. The van der Waals surface area contributed by atoms with Crippen LogP contribution in [0.3, 0.4) is 0 Å². The van der Waals surface area contributed by atoms with Gasteiger partial charge < -0.3 is 11.1 Å². The van der Waals surface area contributed by atoms with Crippen molar-refractivity contribution >= 4 is 33.1 Å². The topological polar surface area (TPSA) is 68.0 Å². The van der Waals surface area contributed by atoms with Gasteiger partial charge in [-0.1, -0.05) is 12.2 Å². The molecule has 2 aromatic rings. The number of carbonyl (C=O) groups is 1. The SMILES string of the molecule is Nc1c(C(=O)NC2CC=CCC2)sc2ncccc12. The number of aromatic nitrogens is 1. The van der Waals surface area contributed by atoms with Crippen molar-refractivity contribution in [2.75, 3.05) is 5.73 Å². The number of nitrogens with two attached hydrogens (primary N) is 1. The molecule has 0 spiro atoms. The Morgan fingerprint density at radius 1 is 1.47 bits per heavy atom. The zero-order valence-corrected chi connectivity index (χ0v) is 11.2. The molecule has 1 aliphatic carbocycles. The maximum Gasteiger partial charge on any atom is 0.263 e. The molecule has 1 aliphatic rings. The van der Waals surface area contributed by atoms with Gasteiger partial charge in [-0.2, -0.15) is 0 Å². The van der Waals surface area contributed by atoms with E-state index in [1.807, 2.05) is 12.1 Å². The molecule has 0 saturated heterocycles. The summed E-state index contributed by atoms with van der Waals surface area (Å²) in [6.07, 6.45) is 8.89. The molecule has 1 unspecified atom stereocenters. The zero-order valence-electron chi connectivity index (χ0n) is 10.4. The van der Waals surface area contributed by atoms with E-state index in [9.17, 15) is 4.79 Å². The van der Waals surface area contributed by atoms with Crippen LogP contribution in [0.4, 0.5) is 5.69 Å². The highest BCUT2D eigenvalue weighted by Gasteiger charge is 2.20. The molecule has 0 aromatic carbocycles. The van der Waals surface area contributed by atoms with Crippen LogP contribution in [0.5, 0.6) is 0 Å². The van der Waals surface area contributed by atoms with Gasteiger partial charge in [0.15, 0.2) is 0 Å². The zero-order chi connectivity index (χ0) is 13.2. The van der Waals surface area contributed by atoms with Gasteiger partial charge in [-0.25, -0.2) is 4.98 Å². The second-order valence-electron chi connectivity index (χ2n) is 4.66. The summed E-state index contributed by atoms with van der Waals surface area (Å²) in [6, 6.07) is 3.95. The van der Waals surface area contributed by atoms with Crippen molar-refractivity contribution in [3.63, 3.8) is 0 Å². The van der Waals surface area contributed by atoms with E-state index in [0.717, 1.165) is 29.5 Å². The van der Waals surface area contributed by atoms with Gasteiger partial charge in [-0.05, 0) is 31.4 Å². The largest absolute Gasteiger partial charge is 0.397 e. The van der Waals surface area contributed by atoms with E-state index in [1.54, 1.807) is 6.20 Å². The molecule has 2 aromatic heterocycles. The molecule has 19 heavy (non-hydrogen) atoms. The van der Waals surface area contributed by atoms with Crippen LogP contribution in [0.2, 0.25) is 0 Å². The molecule has 3 N–H and O–H groups in total. The maximum atomic E-state index is 12.3. The summed E-state index contributed by atoms with van der Waals surface area (Å²) >= 11 is 1.35. The molecule has 1 atom stereocenters. The van der Waals surface area contributed by atoms with E-state index in [4.69, 9.17) is 5.73 Å². The molecule has 98 valence electrons. The summed E-state index contributed by atoms with van der Waals surface area (Å²) in [7, 11) is 0. The fourth-order valence-corrected chi connectivity index (χ4v) is 3.26. The number of amides is 1. The van der Waals surface area contributed by atoms with Crippen LogP contribution >= 0.6 is 11.3 Å². The lowest BCUT2D eigenvalue weighted by atomic mass is 10.0. The van der Waals surface area contributed by atoms with Crippen LogP contribution in [-0.4, -0.2) is 16.9 Å². The number of fused-ring (bicyclic) bond motifs is 1. The summed E-state index contributed by atoms with van der Waals surface area (Å²) < 4.78 is 0. The van der Waals surface area contributed by atoms with E-state index in [0.29, 0.717) is 10.6 Å². The van der Waals surface area contributed by atoms with E-state index in [2.05, 4.69) is 22.5 Å². The Morgan fingerprint density at radius 2 is 2.37 bits per heavy atom. The van der Waals surface area contributed by atoms with Crippen molar-refractivity contribution in [2.45, 2.75) is 25.3 Å². The summed E-state index contributed by atoms with van der Waals surface area (Å²) in [4.78, 5) is 17.9. The molecule has 0 radical (unpaired) electrons. The van der Waals surface area contributed by atoms with Crippen LogP contribution in [-0.2, 0) is 0 Å². The molecular weight excluding hydrogens is 258 g/mol. The van der Waals surface area contributed by atoms with Crippen LogP contribution in [0.25, 0.3) is 10.2 Å². The second kappa shape index (κ2) is 5.01. The Labute approximate surface area is 115 Å². The van der Waals surface area contributed by atoms with Gasteiger partial charge in [0.2, 0.25) is 0 Å². The minimum absolute atomic E-state index is 0.0826. The van der Waals surface area contributed by atoms with Gasteiger partial charge in [0.1, 0.15) is 9.71 Å². The van der Waals surface area contributed by atoms with Crippen LogP contribution in [0.1, 0.15) is 28.9 Å². The Balaban J connectivity index is 1.85. The Hall–Kier alpha value is -1.88. The smallest absolute Gasteiger partial charge is 0.263 e. The average molecular weight is 273 g/mol. The highest BCUT2D eigenvalue weighted by atomic mass is 32.1. The number of nitrogens with zero attached hydrogens (tertiary/aromatic N) is 1. The number of nitrogen functional groups attached to an aromatic ring is 1. The molecule has 1 amide bonds. The van der Waals surface area contributed by atoms with Crippen LogP contribution < -0.4 is 11.1 Å². The quantitative estimate of drug-likeness (QED) is 0.827. The summed E-state index contributed by atoms with van der Waals surface area (Å²) in [6.45, 7) is 0. The van der Waals surface area contributed by atoms with Crippen LogP contribution in [0, 0.1) is 0 Å². The number of rotatable bonds is 2. The first-order chi connectivity index (χ1) is 9.25. The number of hydrogen-bond donors (Lipinski definition) is 2. The minimum Gasteiger partial charge on any atom is -0.397 e. The lowest BCUT2D eigenvalue weighted by Crippen LogP contribution is -2.35. The van der Waals surface area contributed by atoms with Crippen molar-refractivity contribution in [3.8, 4) is 0 Å². The van der Waals surface area contributed by atoms with Gasteiger partial charge in [0, 0.05) is 17.6 Å². The molecule has 4 nitrogen and oxygen atoms in total. The molecule has 0 aliphatic heterocycles. The molecule has 0 bridgehead atoms. The van der Waals surface area contributed by atoms with Crippen molar-refractivity contribution in [1.82, 2.24) is 10.3 Å². The highest BCUT2D eigenvalue weighted by molar-refractivity contribution is 7.21. The van der Waals surface area contributed by atoms with Gasteiger partial charge in [-0.3, -0.25) is 4.79 Å². The van der Waals surface area contributed by atoms with E-state index < -0.39 is 0 Å². The van der Waals surface area contributed by atoms with Crippen LogP contribution in [0.15, 0.2) is 30.5 Å². The monoisotopic (exact) mass is 273 g/mol. The standard InChI is InChI=1S/C14H15N3OS/c15-11-10-7-4-8-16-14(10)19-12(11)13(18)17-9-5-2-1-3-6-9/h1-2,4,7-9H,3,5-6,15H2,(H,17,18). The number of hydrogen-bond acceptors (Lipinski definition) is 4. The van der Waals surface area contributed by atoms with E-state index in [1.165, 1.54) is 11.3 Å². The number of nitrogens with one attached hydrogen (secondary N) is 1. The molecule has 5 heteroatoms. The van der Waals surface area contributed by atoms with Gasteiger partial charge >= 0.3 is 0 Å². The lowest BCUT2D eigenvalue weighted by molar-refractivity contribution is 0.0939. The lowest BCUT2D eigenvalue weighted by Gasteiger charge is -2.18. The first-order valence-electron chi connectivity index (χ1n) is 6.34. The maximum absolute atomic E-state index is 12.3. The normalized spacial score (nSPS) is 18.6. The molecule has 3 rings (SSSR count). The number of pyridine rings is 1. The number of thiophene rings is 1. The fourth-order valence-electron chi connectivity index (χ4n) is 2.30. The second-order valence-corrected chi connectivity index (χ2v) is 5.65. The third-order valence-electron chi connectivity index (χ3n) is 3.32. The van der Waals surface area contributed by atoms with E-state index >= 15 is 0 Å². The minimum atomic E-state index is -0.0826. The first-order valence-corrected chi connectivity index (χ1v) is 7.16. The molecule has 0 saturated carbocycles. The van der Waals surface area contributed by atoms with Crippen molar-refractivity contribution in [3.05, 3.63) is 35.4 Å². The number of carbonyl (C=O) groups excluding carboxylic acids is 1. The Kier molecular flexibility index (Phi) is 3.21. The average Bonchev–Trinajstić information content (AvgIpc) is 2.78.